The van der Waals surface area contributed by atoms with Gasteiger partial charge in [0.2, 0.25) is 0 Å². The van der Waals surface area contributed by atoms with Crippen LogP contribution in [0, 0.1) is 17.0 Å². The number of non-ortho nitro benzene ring substituents is 1. The number of nitrogens with one attached hydrogen (secondary N) is 1. The number of nitrogens with zero attached hydrogens (tertiary/aromatic N) is 2. The first kappa shape index (κ1) is 19.5. The number of carbonyl (C=O) groups is 1. The summed E-state index contributed by atoms with van der Waals surface area (Å²) in [6.07, 6.45) is 0. The molecule has 0 saturated heterocycles. The molecule has 1 amide bonds. The fourth-order valence-corrected chi connectivity index (χ4v) is 3.98. The van der Waals surface area contributed by atoms with Crippen LogP contribution in [0.1, 0.15) is 15.9 Å². The Morgan fingerprint density at radius 3 is 2.40 bits per heavy atom. The highest BCUT2D eigenvalue weighted by Gasteiger charge is 2.18. The largest absolute Gasteiger partial charge is 0.298 e. The lowest BCUT2D eigenvalue weighted by Gasteiger charge is -2.03. The number of amides is 1. The van der Waals surface area contributed by atoms with Crippen molar-refractivity contribution in [1.29, 1.82) is 0 Å². The molecule has 0 unspecified atom stereocenters. The van der Waals surface area contributed by atoms with Crippen molar-refractivity contribution in [2.45, 2.75) is 6.92 Å². The van der Waals surface area contributed by atoms with Crippen LogP contribution in [0.2, 0.25) is 0 Å². The summed E-state index contributed by atoms with van der Waals surface area (Å²) in [6.45, 7) is 2.02. The number of carbonyl (C=O) groups excluding carboxylic acids is 1. The van der Waals surface area contributed by atoms with Crippen LogP contribution in [0.15, 0.2) is 78.9 Å². The van der Waals surface area contributed by atoms with Gasteiger partial charge in [-0.05, 0) is 18.6 Å². The van der Waals surface area contributed by atoms with E-state index in [2.05, 4.69) is 10.3 Å². The SMILES string of the molecule is Cc1ccc(-c2nc(NC(=O)c3cccc([N+](=O)[O-])c3)sc2-c2ccccc2)cc1. The molecule has 148 valence electrons. The third kappa shape index (κ3) is 4.11. The van der Waals surface area contributed by atoms with Crippen molar-refractivity contribution in [3.63, 3.8) is 0 Å². The molecule has 1 N–H and O–H groups in total. The van der Waals surface area contributed by atoms with Gasteiger partial charge in [-0.3, -0.25) is 20.2 Å². The Morgan fingerprint density at radius 2 is 1.70 bits per heavy atom. The summed E-state index contributed by atoms with van der Waals surface area (Å²) in [5.74, 6) is -0.442. The van der Waals surface area contributed by atoms with Gasteiger partial charge in [-0.15, -0.1) is 0 Å². The maximum atomic E-state index is 12.7. The highest BCUT2D eigenvalue weighted by molar-refractivity contribution is 7.19. The molecule has 0 bridgehead atoms. The lowest BCUT2D eigenvalue weighted by molar-refractivity contribution is -0.384. The number of hydrogen-bond acceptors (Lipinski definition) is 5. The van der Waals surface area contributed by atoms with Crippen LogP contribution in [0.5, 0.6) is 0 Å². The smallest absolute Gasteiger partial charge is 0.270 e. The number of nitro groups is 1. The van der Waals surface area contributed by atoms with E-state index in [0.29, 0.717) is 5.13 Å². The van der Waals surface area contributed by atoms with Crippen LogP contribution in [0.25, 0.3) is 21.7 Å². The van der Waals surface area contributed by atoms with E-state index in [-0.39, 0.29) is 11.3 Å². The first-order valence-electron chi connectivity index (χ1n) is 9.20. The normalized spacial score (nSPS) is 10.6. The molecule has 4 aromatic rings. The number of aryl methyl sites for hydroxylation is 1. The maximum absolute atomic E-state index is 12.7. The molecule has 0 spiro atoms. The molecule has 0 aliphatic heterocycles. The topological polar surface area (TPSA) is 85.1 Å². The van der Waals surface area contributed by atoms with E-state index >= 15 is 0 Å². The number of anilines is 1. The highest BCUT2D eigenvalue weighted by atomic mass is 32.1. The molecule has 6 nitrogen and oxygen atoms in total. The van der Waals surface area contributed by atoms with Crippen molar-refractivity contribution < 1.29 is 9.72 Å². The van der Waals surface area contributed by atoms with Crippen molar-refractivity contribution in [2.75, 3.05) is 5.32 Å². The lowest BCUT2D eigenvalue weighted by Crippen LogP contribution is -2.11. The van der Waals surface area contributed by atoms with E-state index < -0.39 is 10.8 Å². The second kappa shape index (κ2) is 8.26. The van der Waals surface area contributed by atoms with Gasteiger partial charge in [-0.2, -0.15) is 0 Å². The zero-order valence-electron chi connectivity index (χ0n) is 16.0. The van der Waals surface area contributed by atoms with Gasteiger partial charge in [-0.1, -0.05) is 77.6 Å². The Kier molecular flexibility index (Phi) is 5.36. The fraction of sp³-hybridized carbons (Fsp3) is 0.0435. The molecular weight excluding hydrogens is 398 g/mol. The monoisotopic (exact) mass is 415 g/mol. The van der Waals surface area contributed by atoms with Crippen LogP contribution < -0.4 is 5.32 Å². The number of thiazole rings is 1. The molecule has 1 aromatic heterocycles. The third-order valence-electron chi connectivity index (χ3n) is 4.53. The average molecular weight is 415 g/mol. The minimum absolute atomic E-state index is 0.132. The van der Waals surface area contributed by atoms with Crippen LogP contribution in [-0.2, 0) is 0 Å². The van der Waals surface area contributed by atoms with E-state index in [1.807, 2.05) is 61.5 Å². The molecule has 0 fully saturated rings. The molecule has 30 heavy (non-hydrogen) atoms. The predicted octanol–water partition coefficient (Wildman–Crippen LogP) is 5.95. The van der Waals surface area contributed by atoms with Crippen molar-refractivity contribution in [1.82, 2.24) is 4.98 Å². The zero-order chi connectivity index (χ0) is 21.1. The number of rotatable bonds is 5. The summed E-state index contributed by atoms with van der Waals surface area (Å²) in [5, 5.41) is 14.2. The van der Waals surface area contributed by atoms with Gasteiger partial charge in [0.05, 0.1) is 15.5 Å². The van der Waals surface area contributed by atoms with E-state index in [4.69, 9.17) is 0 Å². The third-order valence-corrected chi connectivity index (χ3v) is 5.55. The van der Waals surface area contributed by atoms with Gasteiger partial charge in [0.25, 0.3) is 11.6 Å². The molecule has 0 aliphatic rings. The van der Waals surface area contributed by atoms with E-state index in [1.165, 1.54) is 35.6 Å². The van der Waals surface area contributed by atoms with Gasteiger partial charge in [0.15, 0.2) is 5.13 Å². The molecule has 4 rings (SSSR count). The molecule has 7 heteroatoms. The Morgan fingerprint density at radius 1 is 0.967 bits per heavy atom. The summed E-state index contributed by atoms with van der Waals surface area (Å²) in [5.41, 5.74) is 3.95. The average Bonchev–Trinajstić information content (AvgIpc) is 3.18. The first-order valence-corrected chi connectivity index (χ1v) is 10.0. The Labute approximate surface area is 177 Å². The number of nitro benzene ring substituents is 1. The van der Waals surface area contributed by atoms with Gasteiger partial charge < -0.3 is 0 Å². The summed E-state index contributed by atoms with van der Waals surface area (Å²) >= 11 is 1.37. The number of aromatic nitrogens is 1. The Hall–Kier alpha value is -3.84. The Bertz CT molecular complexity index is 1220. The summed E-state index contributed by atoms with van der Waals surface area (Å²) < 4.78 is 0. The van der Waals surface area contributed by atoms with Crippen molar-refractivity contribution in [2.24, 2.45) is 0 Å². The van der Waals surface area contributed by atoms with Crippen LogP contribution in [0.3, 0.4) is 0 Å². The second-order valence-corrected chi connectivity index (χ2v) is 7.69. The maximum Gasteiger partial charge on any atom is 0.270 e. The molecule has 0 atom stereocenters. The second-order valence-electron chi connectivity index (χ2n) is 6.69. The number of benzene rings is 3. The van der Waals surface area contributed by atoms with Gasteiger partial charge in [0.1, 0.15) is 0 Å². The van der Waals surface area contributed by atoms with Crippen LogP contribution in [-0.4, -0.2) is 15.8 Å². The highest BCUT2D eigenvalue weighted by Crippen LogP contribution is 2.39. The van der Waals surface area contributed by atoms with Crippen molar-refractivity contribution >= 4 is 28.1 Å². The molecule has 1 heterocycles. The fourth-order valence-electron chi connectivity index (χ4n) is 3.00. The van der Waals surface area contributed by atoms with E-state index in [9.17, 15) is 14.9 Å². The van der Waals surface area contributed by atoms with Crippen LogP contribution in [0.4, 0.5) is 10.8 Å². The summed E-state index contributed by atoms with van der Waals surface area (Å²) in [7, 11) is 0. The van der Waals surface area contributed by atoms with Gasteiger partial charge >= 0.3 is 0 Å². The standard InChI is InChI=1S/C23H17N3O3S/c1-15-10-12-16(13-11-15)20-21(17-6-3-2-4-7-17)30-23(24-20)25-22(27)18-8-5-9-19(14-18)26(28)29/h2-14H,1H3,(H,24,25,27). The van der Waals surface area contributed by atoms with Crippen molar-refractivity contribution in [3.05, 3.63) is 100 Å². The minimum Gasteiger partial charge on any atom is -0.298 e. The van der Waals surface area contributed by atoms with Gasteiger partial charge in [0, 0.05) is 23.3 Å². The molecule has 0 aliphatic carbocycles. The van der Waals surface area contributed by atoms with E-state index in [1.54, 1.807) is 0 Å². The van der Waals surface area contributed by atoms with Gasteiger partial charge in [-0.25, -0.2) is 4.98 Å². The number of hydrogen-bond donors (Lipinski definition) is 1. The van der Waals surface area contributed by atoms with E-state index in [0.717, 1.165) is 27.3 Å². The Balaban J connectivity index is 1.71. The molecule has 0 saturated carbocycles. The zero-order valence-corrected chi connectivity index (χ0v) is 16.8. The quantitative estimate of drug-likeness (QED) is 0.323. The first-order chi connectivity index (χ1) is 14.5. The summed E-state index contributed by atoms with van der Waals surface area (Å²) in [6, 6.07) is 23.5. The van der Waals surface area contributed by atoms with Crippen molar-refractivity contribution in [3.8, 4) is 21.7 Å². The minimum atomic E-state index is -0.525. The lowest BCUT2D eigenvalue weighted by atomic mass is 10.1. The predicted molar refractivity (Wildman–Crippen MR) is 119 cm³/mol. The summed E-state index contributed by atoms with van der Waals surface area (Å²) in [4.78, 5) is 28.7. The molecule has 0 radical (unpaired) electrons. The van der Waals surface area contributed by atoms with Crippen LogP contribution >= 0.6 is 11.3 Å². The molecular formula is C23H17N3O3S. The molecule has 3 aromatic carbocycles.